The van der Waals surface area contributed by atoms with E-state index in [0.717, 1.165) is 5.56 Å². The smallest absolute Gasteiger partial charge is 0.243 e. The number of likely N-dealkylation sites (N-methyl/N-ethyl adjacent to an activating group) is 1. The van der Waals surface area contributed by atoms with Crippen LogP contribution in [-0.2, 0) is 11.3 Å². The summed E-state index contributed by atoms with van der Waals surface area (Å²) in [4.78, 5) is 22.4. The van der Waals surface area contributed by atoms with Crippen molar-refractivity contribution >= 4 is 28.7 Å². The van der Waals surface area contributed by atoms with E-state index >= 15 is 0 Å². The van der Waals surface area contributed by atoms with Gasteiger partial charge in [-0.25, -0.2) is 14.6 Å². The molecule has 1 aromatic carbocycles. The van der Waals surface area contributed by atoms with Crippen molar-refractivity contribution in [1.29, 1.82) is 0 Å². The first-order valence-electron chi connectivity index (χ1n) is 7.22. The molecule has 0 saturated heterocycles. The van der Waals surface area contributed by atoms with Crippen molar-refractivity contribution in [3.05, 3.63) is 35.6 Å². The molecule has 2 aromatic heterocycles. The van der Waals surface area contributed by atoms with Gasteiger partial charge < -0.3 is 9.64 Å². The number of benzene rings is 1. The fourth-order valence-corrected chi connectivity index (χ4v) is 2.46. The molecule has 0 aliphatic heterocycles. The number of carbonyl (C=O) groups is 1. The predicted molar refractivity (Wildman–Crippen MR) is 91.0 cm³/mol. The second-order valence-electron chi connectivity index (χ2n) is 5.40. The molecule has 3 rings (SSSR count). The standard InChI is InChI=1S/C16H16ClN5O2/c1-21(2)15(23)9-22-16-13(8-19-22)18-7-12(20-16)10-4-5-14(24-3)11(17)6-10/h4-8H,9H2,1-3H3. The van der Waals surface area contributed by atoms with Crippen molar-refractivity contribution < 1.29 is 9.53 Å². The van der Waals surface area contributed by atoms with Gasteiger partial charge in [0.1, 0.15) is 17.8 Å². The highest BCUT2D eigenvalue weighted by Gasteiger charge is 2.13. The summed E-state index contributed by atoms with van der Waals surface area (Å²) >= 11 is 6.17. The number of hydrogen-bond donors (Lipinski definition) is 0. The average Bonchev–Trinajstić information content (AvgIpc) is 2.97. The first kappa shape index (κ1) is 16.2. The summed E-state index contributed by atoms with van der Waals surface area (Å²) in [6.07, 6.45) is 3.25. The Morgan fingerprint density at radius 2 is 2.12 bits per heavy atom. The Balaban J connectivity index is 2.01. The molecule has 124 valence electrons. The monoisotopic (exact) mass is 345 g/mol. The maximum atomic E-state index is 11.9. The third kappa shape index (κ3) is 3.03. The minimum absolute atomic E-state index is 0.0697. The van der Waals surface area contributed by atoms with E-state index in [2.05, 4.69) is 15.1 Å². The van der Waals surface area contributed by atoms with Crippen LogP contribution in [0.4, 0.5) is 0 Å². The zero-order valence-corrected chi connectivity index (χ0v) is 14.3. The zero-order chi connectivity index (χ0) is 17.3. The summed E-state index contributed by atoms with van der Waals surface area (Å²) in [5.74, 6) is 0.524. The molecule has 0 spiro atoms. The van der Waals surface area contributed by atoms with Gasteiger partial charge in [-0.15, -0.1) is 0 Å². The van der Waals surface area contributed by atoms with Gasteiger partial charge in [0.15, 0.2) is 5.65 Å². The van der Waals surface area contributed by atoms with Crippen molar-refractivity contribution in [3.8, 4) is 17.0 Å². The third-order valence-electron chi connectivity index (χ3n) is 3.58. The fraction of sp³-hybridized carbons (Fsp3) is 0.250. The lowest BCUT2D eigenvalue weighted by molar-refractivity contribution is -0.129. The van der Waals surface area contributed by atoms with E-state index < -0.39 is 0 Å². The second kappa shape index (κ2) is 6.45. The van der Waals surface area contributed by atoms with Crippen LogP contribution in [0, 0.1) is 0 Å². The highest BCUT2D eigenvalue weighted by atomic mass is 35.5. The lowest BCUT2D eigenvalue weighted by Crippen LogP contribution is -2.26. The van der Waals surface area contributed by atoms with E-state index in [4.69, 9.17) is 16.3 Å². The van der Waals surface area contributed by atoms with Crippen molar-refractivity contribution in [2.45, 2.75) is 6.54 Å². The number of carbonyl (C=O) groups excluding carboxylic acids is 1. The minimum Gasteiger partial charge on any atom is -0.495 e. The highest BCUT2D eigenvalue weighted by molar-refractivity contribution is 6.32. The van der Waals surface area contributed by atoms with Crippen LogP contribution in [0.25, 0.3) is 22.4 Å². The van der Waals surface area contributed by atoms with Crippen LogP contribution < -0.4 is 4.74 Å². The van der Waals surface area contributed by atoms with Crippen LogP contribution in [0.15, 0.2) is 30.6 Å². The van der Waals surface area contributed by atoms with E-state index in [1.807, 2.05) is 6.07 Å². The van der Waals surface area contributed by atoms with Crippen LogP contribution in [0.5, 0.6) is 5.75 Å². The SMILES string of the molecule is COc1ccc(-c2cnc3cnn(CC(=O)N(C)C)c3n2)cc1Cl. The molecule has 0 N–H and O–H groups in total. The molecule has 0 bridgehead atoms. The number of methoxy groups -OCH3 is 1. The molecule has 0 saturated carbocycles. The number of hydrogen-bond acceptors (Lipinski definition) is 5. The van der Waals surface area contributed by atoms with E-state index in [-0.39, 0.29) is 12.5 Å². The normalized spacial score (nSPS) is 10.8. The number of aromatic nitrogens is 4. The van der Waals surface area contributed by atoms with Gasteiger partial charge in [0.25, 0.3) is 0 Å². The number of ether oxygens (including phenoxy) is 1. The molecule has 0 unspecified atom stereocenters. The van der Waals surface area contributed by atoms with Crippen molar-refractivity contribution in [2.75, 3.05) is 21.2 Å². The van der Waals surface area contributed by atoms with Crippen molar-refractivity contribution in [1.82, 2.24) is 24.6 Å². The van der Waals surface area contributed by atoms with Crippen LogP contribution in [0.2, 0.25) is 5.02 Å². The number of nitrogens with zero attached hydrogens (tertiary/aromatic N) is 5. The molecule has 0 aliphatic rings. The zero-order valence-electron chi connectivity index (χ0n) is 13.5. The molecule has 0 fully saturated rings. The second-order valence-corrected chi connectivity index (χ2v) is 5.81. The van der Waals surface area contributed by atoms with Gasteiger partial charge in [-0.2, -0.15) is 5.10 Å². The average molecular weight is 346 g/mol. The topological polar surface area (TPSA) is 73.1 Å². The quantitative estimate of drug-likeness (QED) is 0.725. The first-order valence-corrected chi connectivity index (χ1v) is 7.60. The Bertz CT molecular complexity index is 907. The van der Waals surface area contributed by atoms with Gasteiger partial charge in [0, 0.05) is 19.7 Å². The predicted octanol–water partition coefficient (Wildman–Crippen LogP) is 2.24. The summed E-state index contributed by atoms with van der Waals surface area (Å²) in [7, 11) is 4.96. The Kier molecular flexibility index (Phi) is 4.35. The summed E-state index contributed by atoms with van der Waals surface area (Å²) in [6, 6.07) is 5.39. The lowest BCUT2D eigenvalue weighted by Gasteiger charge is -2.10. The van der Waals surface area contributed by atoms with Crippen LogP contribution in [0.3, 0.4) is 0 Å². The Morgan fingerprint density at radius 3 is 2.79 bits per heavy atom. The van der Waals surface area contributed by atoms with E-state index in [0.29, 0.717) is 27.6 Å². The van der Waals surface area contributed by atoms with E-state index in [1.165, 1.54) is 4.90 Å². The molecule has 1 amide bonds. The van der Waals surface area contributed by atoms with Crippen LogP contribution in [-0.4, -0.2) is 51.8 Å². The molecule has 7 nitrogen and oxygen atoms in total. The first-order chi connectivity index (χ1) is 11.5. The Labute approximate surface area is 143 Å². The molecule has 8 heteroatoms. The Hall–Kier alpha value is -2.67. The number of halogens is 1. The third-order valence-corrected chi connectivity index (χ3v) is 3.87. The molecule has 0 radical (unpaired) electrons. The minimum atomic E-state index is -0.0697. The molecular formula is C16H16ClN5O2. The van der Waals surface area contributed by atoms with Crippen LogP contribution in [0.1, 0.15) is 0 Å². The van der Waals surface area contributed by atoms with Crippen molar-refractivity contribution in [3.63, 3.8) is 0 Å². The molecule has 3 aromatic rings. The van der Waals surface area contributed by atoms with Crippen molar-refractivity contribution in [2.24, 2.45) is 0 Å². The Morgan fingerprint density at radius 1 is 1.33 bits per heavy atom. The highest BCUT2D eigenvalue weighted by Crippen LogP contribution is 2.29. The van der Waals surface area contributed by atoms with Gasteiger partial charge in [-0.05, 0) is 18.2 Å². The number of fused-ring (bicyclic) bond motifs is 1. The number of rotatable bonds is 4. The lowest BCUT2D eigenvalue weighted by atomic mass is 10.1. The largest absolute Gasteiger partial charge is 0.495 e. The van der Waals surface area contributed by atoms with Gasteiger partial charge in [-0.3, -0.25) is 4.79 Å². The molecule has 24 heavy (non-hydrogen) atoms. The molecular weight excluding hydrogens is 330 g/mol. The molecule has 2 heterocycles. The molecule has 0 aliphatic carbocycles. The fourth-order valence-electron chi connectivity index (χ4n) is 2.20. The summed E-state index contributed by atoms with van der Waals surface area (Å²) in [6.45, 7) is 0.109. The van der Waals surface area contributed by atoms with Gasteiger partial charge in [-0.1, -0.05) is 11.6 Å². The van der Waals surface area contributed by atoms with E-state index in [1.54, 1.807) is 50.4 Å². The maximum Gasteiger partial charge on any atom is 0.243 e. The van der Waals surface area contributed by atoms with Crippen LogP contribution >= 0.6 is 11.6 Å². The van der Waals surface area contributed by atoms with Gasteiger partial charge >= 0.3 is 0 Å². The summed E-state index contributed by atoms with van der Waals surface area (Å²) < 4.78 is 6.70. The van der Waals surface area contributed by atoms with Gasteiger partial charge in [0.05, 0.1) is 30.2 Å². The van der Waals surface area contributed by atoms with E-state index in [9.17, 15) is 4.79 Å². The summed E-state index contributed by atoms with van der Waals surface area (Å²) in [5, 5.41) is 4.69. The van der Waals surface area contributed by atoms with Gasteiger partial charge in [0.2, 0.25) is 5.91 Å². The molecule has 0 atom stereocenters. The summed E-state index contributed by atoms with van der Waals surface area (Å²) in [5.41, 5.74) is 2.63. The maximum absolute atomic E-state index is 11.9. The number of amides is 1.